The highest BCUT2D eigenvalue weighted by molar-refractivity contribution is 9.10. The van der Waals surface area contributed by atoms with Crippen molar-refractivity contribution in [2.24, 2.45) is 0 Å². The van der Waals surface area contributed by atoms with Gasteiger partial charge in [0.25, 0.3) is 5.91 Å². The second-order valence-corrected chi connectivity index (χ2v) is 7.91. The summed E-state index contributed by atoms with van der Waals surface area (Å²) < 4.78 is 14.3. The normalized spacial score (nSPS) is 10.9. The van der Waals surface area contributed by atoms with Crippen LogP contribution in [0.2, 0.25) is 0 Å². The Hall–Kier alpha value is -2.54. The predicted molar refractivity (Wildman–Crippen MR) is 115 cm³/mol. The summed E-state index contributed by atoms with van der Waals surface area (Å²) in [6.07, 6.45) is 0.781. The minimum absolute atomic E-state index is 0.225. The van der Waals surface area contributed by atoms with Crippen LogP contribution in [0.4, 0.5) is 0 Å². The van der Waals surface area contributed by atoms with E-state index in [2.05, 4.69) is 33.3 Å². The number of aromatic nitrogens is 2. The van der Waals surface area contributed by atoms with Crippen molar-refractivity contribution in [2.75, 3.05) is 6.54 Å². The maximum absolute atomic E-state index is 12.3. The standard InChI is InChI=1S/C22H26BrN3O3/c1-14-6-7-18(12-15(14)2)28-13-19-8-9-20(29-19)22(27)24-10-5-11-26-17(4)21(23)16(3)25-26/h6-9,12H,5,10-11,13H2,1-4H3,(H,24,27). The first-order chi connectivity index (χ1) is 13.8. The van der Waals surface area contributed by atoms with Crippen molar-refractivity contribution in [3.05, 3.63) is 68.8 Å². The molecule has 0 saturated heterocycles. The van der Waals surface area contributed by atoms with E-state index >= 15 is 0 Å². The average molecular weight is 460 g/mol. The molecule has 6 nitrogen and oxygen atoms in total. The molecule has 1 amide bonds. The number of nitrogens with zero attached hydrogens (tertiary/aromatic N) is 2. The van der Waals surface area contributed by atoms with Crippen LogP contribution in [0.1, 0.15) is 45.3 Å². The molecule has 154 valence electrons. The Bertz CT molecular complexity index is 1010. The van der Waals surface area contributed by atoms with E-state index in [0.717, 1.165) is 34.6 Å². The summed E-state index contributed by atoms with van der Waals surface area (Å²) in [5, 5.41) is 7.35. The molecule has 0 atom stereocenters. The summed E-state index contributed by atoms with van der Waals surface area (Å²) in [4.78, 5) is 12.3. The molecule has 7 heteroatoms. The maximum atomic E-state index is 12.3. The summed E-state index contributed by atoms with van der Waals surface area (Å²) in [6.45, 7) is 9.66. The molecule has 0 unspecified atom stereocenters. The quantitative estimate of drug-likeness (QED) is 0.487. The van der Waals surface area contributed by atoms with Crippen LogP contribution in [-0.4, -0.2) is 22.2 Å². The fourth-order valence-corrected chi connectivity index (χ4v) is 3.23. The van der Waals surface area contributed by atoms with E-state index in [0.29, 0.717) is 12.3 Å². The highest BCUT2D eigenvalue weighted by atomic mass is 79.9. The monoisotopic (exact) mass is 459 g/mol. The van der Waals surface area contributed by atoms with Gasteiger partial charge in [0.2, 0.25) is 0 Å². The van der Waals surface area contributed by atoms with Gasteiger partial charge in [0.05, 0.1) is 10.2 Å². The van der Waals surface area contributed by atoms with E-state index in [1.54, 1.807) is 12.1 Å². The first-order valence-electron chi connectivity index (χ1n) is 9.61. The number of amides is 1. The lowest BCUT2D eigenvalue weighted by Crippen LogP contribution is -2.25. The van der Waals surface area contributed by atoms with E-state index in [4.69, 9.17) is 9.15 Å². The van der Waals surface area contributed by atoms with Gasteiger partial charge in [0.1, 0.15) is 18.1 Å². The molecular weight excluding hydrogens is 434 g/mol. The van der Waals surface area contributed by atoms with Gasteiger partial charge in [0, 0.05) is 18.8 Å². The van der Waals surface area contributed by atoms with Crippen molar-refractivity contribution in [1.29, 1.82) is 0 Å². The van der Waals surface area contributed by atoms with Crippen LogP contribution in [0.15, 0.2) is 39.2 Å². The van der Waals surface area contributed by atoms with Crippen molar-refractivity contribution in [3.63, 3.8) is 0 Å². The zero-order chi connectivity index (χ0) is 21.0. The highest BCUT2D eigenvalue weighted by Gasteiger charge is 2.12. The molecule has 0 radical (unpaired) electrons. The molecule has 1 aromatic carbocycles. The summed E-state index contributed by atoms with van der Waals surface area (Å²) in [6, 6.07) is 9.39. The number of aryl methyl sites for hydroxylation is 4. The van der Waals surface area contributed by atoms with Gasteiger partial charge < -0.3 is 14.5 Å². The average Bonchev–Trinajstić information content (AvgIpc) is 3.27. The van der Waals surface area contributed by atoms with Gasteiger partial charge in [-0.25, -0.2) is 0 Å². The lowest BCUT2D eigenvalue weighted by atomic mass is 10.1. The fraction of sp³-hybridized carbons (Fsp3) is 0.364. The second kappa shape index (κ2) is 9.31. The summed E-state index contributed by atoms with van der Waals surface area (Å²) >= 11 is 3.52. The third-order valence-corrected chi connectivity index (χ3v) is 6.02. The summed E-state index contributed by atoms with van der Waals surface area (Å²) in [5.74, 6) is 1.46. The number of halogens is 1. The largest absolute Gasteiger partial charge is 0.486 e. The predicted octanol–water partition coefficient (Wildman–Crippen LogP) is 4.87. The first-order valence-corrected chi connectivity index (χ1v) is 10.4. The van der Waals surface area contributed by atoms with Crippen molar-refractivity contribution in [3.8, 4) is 5.75 Å². The third-order valence-electron chi connectivity index (χ3n) is 4.87. The van der Waals surface area contributed by atoms with Crippen LogP contribution in [0.5, 0.6) is 5.75 Å². The van der Waals surface area contributed by atoms with Crippen LogP contribution in [0.3, 0.4) is 0 Å². The Balaban J connectivity index is 1.45. The van der Waals surface area contributed by atoms with E-state index in [1.807, 2.05) is 43.7 Å². The van der Waals surface area contributed by atoms with Gasteiger partial charge in [0.15, 0.2) is 5.76 Å². The summed E-state index contributed by atoms with van der Waals surface area (Å²) in [7, 11) is 0. The number of nitrogens with one attached hydrogen (secondary N) is 1. The smallest absolute Gasteiger partial charge is 0.286 e. The van der Waals surface area contributed by atoms with Gasteiger partial charge in [-0.05, 0) is 85.4 Å². The molecule has 29 heavy (non-hydrogen) atoms. The second-order valence-electron chi connectivity index (χ2n) is 7.12. The molecule has 0 spiro atoms. The molecule has 0 aliphatic carbocycles. The Morgan fingerprint density at radius 1 is 1.17 bits per heavy atom. The minimum Gasteiger partial charge on any atom is -0.486 e. The Morgan fingerprint density at radius 3 is 2.66 bits per heavy atom. The topological polar surface area (TPSA) is 69.3 Å². The van der Waals surface area contributed by atoms with E-state index < -0.39 is 0 Å². The van der Waals surface area contributed by atoms with Crippen molar-refractivity contribution in [1.82, 2.24) is 15.1 Å². The zero-order valence-corrected chi connectivity index (χ0v) is 18.8. The van der Waals surface area contributed by atoms with E-state index in [-0.39, 0.29) is 18.3 Å². The number of carbonyl (C=O) groups excluding carboxylic acids is 1. The van der Waals surface area contributed by atoms with Crippen LogP contribution in [0.25, 0.3) is 0 Å². The van der Waals surface area contributed by atoms with Gasteiger partial charge in [-0.3, -0.25) is 9.48 Å². The van der Waals surface area contributed by atoms with Gasteiger partial charge in [-0.2, -0.15) is 5.10 Å². The Labute approximate surface area is 179 Å². The molecule has 0 aliphatic heterocycles. The Morgan fingerprint density at radius 2 is 1.97 bits per heavy atom. The number of furan rings is 1. The Kier molecular flexibility index (Phi) is 6.79. The van der Waals surface area contributed by atoms with Crippen LogP contribution < -0.4 is 10.1 Å². The fourth-order valence-electron chi connectivity index (χ4n) is 2.95. The number of carbonyl (C=O) groups is 1. The van der Waals surface area contributed by atoms with Gasteiger partial charge in [-0.15, -0.1) is 0 Å². The molecule has 2 aromatic heterocycles. The molecule has 0 bridgehead atoms. The van der Waals surface area contributed by atoms with Gasteiger partial charge in [-0.1, -0.05) is 6.07 Å². The molecule has 0 saturated carbocycles. The molecule has 2 heterocycles. The van der Waals surface area contributed by atoms with Gasteiger partial charge >= 0.3 is 0 Å². The first kappa shape index (κ1) is 21.2. The van der Waals surface area contributed by atoms with Crippen molar-refractivity contribution >= 4 is 21.8 Å². The molecule has 3 aromatic rings. The number of hydrogen-bond acceptors (Lipinski definition) is 4. The lowest BCUT2D eigenvalue weighted by Gasteiger charge is -2.07. The van der Waals surface area contributed by atoms with E-state index in [9.17, 15) is 4.79 Å². The molecular formula is C22H26BrN3O3. The third kappa shape index (κ3) is 5.29. The molecule has 1 N–H and O–H groups in total. The SMILES string of the molecule is Cc1ccc(OCc2ccc(C(=O)NCCCn3nc(C)c(Br)c3C)o2)cc1C. The minimum atomic E-state index is -0.225. The molecule has 3 rings (SSSR count). The highest BCUT2D eigenvalue weighted by Crippen LogP contribution is 2.20. The van der Waals surface area contributed by atoms with Crippen molar-refractivity contribution < 1.29 is 13.9 Å². The van der Waals surface area contributed by atoms with Crippen LogP contribution >= 0.6 is 15.9 Å². The number of benzene rings is 1. The lowest BCUT2D eigenvalue weighted by molar-refractivity contribution is 0.0920. The number of hydrogen-bond donors (Lipinski definition) is 1. The van der Waals surface area contributed by atoms with Crippen LogP contribution in [0, 0.1) is 27.7 Å². The zero-order valence-electron chi connectivity index (χ0n) is 17.2. The van der Waals surface area contributed by atoms with E-state index in [1.165, 1.54) is 11.1 Å². The molecule has 0 fully saturated rings. The summed E-state index contributed by atoms with van der Waals surface area (Å²) in [5.41, 5.74) is 4.46. The molecule has 0 aliphatic rings. The van der Waals surface area contributed by atoms with Crippen LogP contribution in [-0.2, 0) is 13.2 Å². The number of ether oxygens (including phenoxy) is 1. The number of rotatable bonds is 8. The van der Waals surface area contributed by atoms with Crippen molar-refractivity contribution in [2.45, 2.75) is 47.3 Å². The maximum Gasteiger partial charge on any atom is 0.286 e.